The Kier molecular flexibility index (Phi) is 3.70. The van der Waals surface area contributed by atoms with Crippen LogP contribution in [0.2, 0.25) is 5.02 Å². The number of carbonyl (C=O) groups excluding carboxylic acids is 1. The lowest BCUT2D eigenvalue weighted by atomic mass is 9.85. The molecule has 0 bridgehead atoms. The first-order chi connectivity index (χ1) is 6.97. The summed E-state index contributed by atoms with van der Waals surface area (Å²) in [5, 5.41) is 0.644. The van der Waals surface area contributed by atoms with Crippen molar-refractivity contribution in [3.8, 4) is 0 Å². The highest BCUT2D eigenvalue weighted by molar-refractivity contribution is 6.31. The molecule has 0 unspecified atom stereocenters. The molecule has 1 aromatic carbocycles. The van der Waals surface area contributed by atoms with Gasteiger partial charge in [-0.15, -0.1) is 6.58 Å². The molecule has 2 heteroatoms. The quantitative estimate of drug-likeness (QED) is 0.711. The van der Waals surface area contributed by atoms with Crippen LogP contribution in [0.25, 0.3) is 0 Å². The Morgan fingerprint density at radius 1 is 1.47 bits per heavy atom. The van der Waals surface area contributed by atoms with Gasteiger partial charge in [0.1, 0.15) is 5.78 Å². The van der Waals surface area contributed by atoms with Crippen LogP contribution >= 0.6 is 11.6 Å². The fourth-order valence-electron chi connectivity index (χ4n) is 1.16. The molecular weight excluding hydrogens is 208 g/mol. The minimum Gasteiger partial charge on any atom is -0.298 e. The van der Waals surface area contributed by atoms with Gasteiger partial charge in [0.15, 0.2) is 0 Å². The average Bonchev–Trinajstić information content (AvgIpc) is 2.21. The lowest BCUT2D eigenvalue weighted by Gasteiger charge is -2.18. The normalized spacial score (nSPS) is 11.1. The maximum Gasteiger partial charge on any atom is 0.146 e. The van der Waals surface area contributed by atoms with Gasteiger partial charge in [0.2, 0.25) is 0 Å². The van der Waals surface area contributed by atoms with Gasteiger partial charge < -0.3 is 0 Å². The zero-order valence-corrected chi connectivity index (χ0v) is 9.84. The molecule has 0 aliphatic carbocycles. The van der Waals surface area contributed by atoms with E-state index < -0.39 is 5.41 Å². The predicted octanol–water partition coefficient (Wildman–Crippen LogP) is 3.66. The van der Waals surface area contributed by atoms with Gasteiger partial charge in [-0.2, -0.15) is 0 Å². The molecule has 15 heavy (non-hydrogen) atoms. The average molecular weight is 223 g/mol. The molecule has 0 heterocycles. The number of benzene rings is 1. The van der Waals surface area contributed by atoms with Crippen LogP contribution in [-0.2, 0) is 11.2 Å². The Morgan fingerprint density at radius 2 is 2.07 bits per heavy atom. The standard InChI is InChI=1S/C13H15ClO/c1-4-13(2,3)12(15)9-10-7-5-6-8-11(10)14/h4-8H,1,9H2,2-3H3. The van der Waals surface area contributed by atoms with Crippen molar-refractivity contribution in [3.63, 3.8) is 0 Å². The van der Waals surface area contributed by atoms with Crippen LogP contribution < -0.4 is 0 Å². The van der Waals surface area contributed by atoms with E-state index in [1.807, 2.05) is 32.0 Å². The molecule has 1 nitrogen and oxygen atoms in total. The third kappa shape index (κ3) is 2.93. The lowest BCUT2D eigenvalue weighted by molar-refractivity contribution is -0.124. The molecule has 1 aromatic rings. The predicted molar refractivity (Wildman–Crippen MR) is 64.1 cm³/mol. The number of Topliss-reactive ketones (excluding diaryl/α,β-unsaturated/α-hetero) is 1. The van der Waals surface area contributed by atoms with Crippen LogP contribution in [0.1, 0.15) is 19.4 Å². The lowest BCUT2D eigenvalue weighted by Crippen LogP contribution is -2.23. The van der Waals surface area contributed by atoms with Crippen molar-refractivity contribution >= 4 is 17.4 Å². The van der Waals surface area contributed by atoms with Crippen LogP contribution in [0.4, 0.5) is 0 Å². The van der Waals surface area contributed by atoms with Gasteiger partial charge in [0.25, 0.3) is 0 Å². The van der Waals surface area contributed by atoms with Crippen LogP contribution in [0.5, 0.6) is 0 Å². The number of hydrogen-bond acceptors (Lipinski definition) is 1. The summed E-state index contributed by atoms with van der Waals surface area (Å²) in [6.07, 6.45) is 2.03. The Hall–Kier alpha value is -1.08. The maximum absolute atomic E-state index is 11.9. The van der Waals surface area contributed by atoms with Gasteiger partial charge in [-0.3, -0.25) is 4.79 Å². The van der Waals surface area contributed by atoms with Crippen molar-refractivity contribution in [1.82, 2.24) is 0 Å². The van der Waals surface area contributed by atoms with E-state index in [1.54, 1.807) is 12.1 Å². The summed E-state index contributed by atoms with van der Waals surface area (Å²) in [4.78, 5) is 11.9. The number of hydrogen-bond donors (Lipinski definition) is 0. The highest BCUT2D eigenvalue weighted by Crippen LogP contribution is 2.23. The maximum atomic E-state index is 11.9. The van der Waals surface area contributed by atoms with Crippen LogP contribution in [0.15, 0.2) is 36.9 Å². The van der Waals surface area contributed by atoms with E-state index in [4.69, 9.17) is 11.6 Å². The van der Waals surface area contributed by atoms with Gasteiger partial charge in [-0.05, 0) is 25.5 Å². The SMILES string of the molecule is C=CC(C)(C)C(=O)Cc1ccccc1Cl. The second-order valence-electron chi connectivity index (χ2n) is 4.12. The molecule has 0 amide bonds. The number of carbonyl (C=O) groups is 1. The fraction of sp³-hybridized carbons (Fsp3) is 0.308. The molecule has 0 aliphatic rings. The Labute approximate surface area is 95.8 Å². The second kappa shape index (κ2) is 4.63. The van der Waals surface area contributed by atoms with Crippen LogP contribution in [-0.4, -0.2) is 5.78 Å². The molecule has 80 valence electrons. The molecule has 0 atom stereocenters. The molecule has 0 aromatic heterocycles. The van der Waals surface area contributed by atoms with Crippen molar-refractivity contribution in [2.75, 3.05) is 0 Å². The summed E-state index contributed by atoms with van der Waals surface area (Å²) >= 11 is 5.98. The molecule has 0 spiro atoms. The Bertz CT molecular complexity index is 380. The Morgan fingerprint density at radius 3 is 2.60 bits per heavy atom. The third-order valence-corrected chi connectivity index (χ3v) is 2.91. The minimum atomic E-state index is -0.487. The highest BCUT2D eigenvalue weighted by atomic mass is 35.5. The molecule has 0 saturated heterocycles. The summed E-state index contributed by atoms with van der Waals surface area (Å²) in [6.45, 7) is 7.38. The molecule has 0 aliphatic heterocycles. The summed E-state index contributed by atoms with van der Waals surface area (Å²) in [5.41, 5.74) is 0.387. The van der Waals surface area contributed by atoms with E-state index in [1.165, 1.54) is 0 Å². The molecule has 0 saturated carbocycles. The van der Waals surface area contributed by atoms with Crippen molar-refractivity contribution in [2.24, 2.45) is 5.41 Å². The zero-order chi connectivity index (χ0) is 11.5. The van der Waals surface area contributed by atoms with Crippen molar-refractivity contribution in [3.05, 3.63) is 47.5 Å². The summed E-state index contributed by atoms with van der Waals surface area (Å²) in [6, 6.07) is 7.41. The molecule has 1 rings (SSSR count). The topological polar surface area (TPSA) is 17.1 Å². The molecular formula is C13H15ClO. The smallest absolute Gasteiger partial charge is 0.146 e. The molecule has 0 radical (unpaired) electrons. The fourth-order valence-corrected chi connectivity index (χ4v) is 1.36. The van der Waals surface area contributed by atoms with Crippen LogP contribution in [0, 0.1) is 5.41 Å². The van der Waals surface area contributed by atoms with Gasteiger partial charge in [-0.25, -0.2) is 0 Å². The zero-order valence-electron chi connectivity index (χ0n) is 9.09. The van der Waals surface area contributed by atoms with Crippen molar-refractivity contribution < 1.29 is 4.79 Å². The molecule has 0 fully saturated rings. The van der Waals surface area contributed by atoms with Crippen LogP contribution in [0.3, 0.4) is 0 Å². The Balaban J connectivity index is 2.84. The molecule has 0 N–H and O–H groups in total. The number of ketones is 1. The summed E-state index contributed by atoms with van der Waals surface area (Å²) in [7, 11) is 0. The van der Waals surface area contributed by atoms with E-state index in [0.29, 0.717) is 11.4 Å². The summed E-state index contributed by atoms with van der Waals surface area (Å²) in [5.74, 6) is 0.130. The number of halogens is 1. The second-order valence-corrected chi connectivity index (χ2v) is 4.52. The first kappa shape index (κ1) is 12.0. The minimum absolute atomic E-state index is 0.130. The number of rotatable bonds is 4. The van der Waals surface area contributed by atoms with Gasteiger partial charge in [0, 0.05) is 16.9 Å². The van der Waals surface area contributed by atoms with E-state index in [-0.39, 0.29) is 5.78 Å². The van der Waals surface area contributed by atoms with E-state index in [9.17, 15) is 4.79 Å². The largest absolute Gasteiger partial charge is 0.298 e. The monoisotopic (exact) mass is 222 g/mol. The van der Waals surface area contributed by atoms with Gasteiger partial charge in [0.05, 0.1) is 0 Å². The van der Waals surface area contributed by atoms with Crippen molar-refractivity contribution in [2.45, 2.75) is 20.3 Å². The summed E-state index contributed by atoms with van der Waals surface area (Å²) < 4.78 is 0. The number of allylic oxidation sites excluding steroid dienone is 1. The van der Waals surface area contributed by atoms with E-state index in [0.717, 1.165) is 5.56 Å². The van der Waals surface area contributed by atoms with Gasteiger partial charge in [-0.1, -0.05) is 35.9 Å². The van der Waals surface area contributed by atoms with Crippen molar-refractivity contribution in [1.29, 1.82) is 0 Å². The first-order valence-electron chi connectivity index (χ1n) is 4.87. The third-order valence-electron chi connectivity index (χ3n) is 2.54. The van der Waals surface area contributed by atoms with E-state index in [2.05, 4.69) is 6.58 Å². The first-order valence-corrected chi connectivity index (χ1v) is 5.25. The van der Waals surface area contributed by atoms with E-state index >= 15 is 0 Å². The van der Waals surface area contributed by atoms with Gasteiger partial charge >= 0.3 is 0 Å². The highest BCUT2D eigenvalue weighted by Gasteiger charge is 2.23.